The first-order chi connectivity index (χ1) is 14.3. The number of hydrogen-bond acceptors (Lipinski definition) is 5. The van der Waals surface area contributed by atoms with Crippen LogP contribution in [0.3, 0.4) is 0 Å². The van der Waals surface area contributed by atoms with Crippen LogP contribution in [0.2, 0.25) is 0 Å². The number of methoxy groups -OCH3 is 1. The van der Waals surface area contributed by atoms with Gasteiger partial charge in [-0.15, -0.1) is 0 Å². The van der Waals surface area contributed by atoms with E-state index in [9.17, 15) is 16.8 Å². The molecule has 0 aromatic heterocycles. The van der Waals surface area contributed by atoms with E-state index in [1.807, 2.05) is 24.3 Å². The van der Waals surface area contributed by atoms with E-state index in [0.717, 1.165) is 23.6 Å². The SMILES string of the molecule is COc1ccc(S(=O)(=O)N2CCCC2)cc1NS(=O)(=O)c1ccc2ccccc2c1. The summed E-state index contributed by atoms with van der Waals surface area (Å²) in [4.78, 5) is 0.109. The summed E-state index contributed by atoms with van der Waals surface area (Å²) >= 11 is 0. The molecule has 0 amide bonds. The predicted molar refractivity (Wildman–Crippen MR) is 116 cm³/mol. The van der Waals surface area contributed by atoms with E-state index < -0.39 is 20.0 Å². The Morgan fingerprint density at radius 3 is 2.20 bits per heavy atom. The Morgan fingerprint density at radius 1 is 0.833 bits per heavy atom. The first-order valence-electron chi connectivity index (χ1n) is 9.51. The van der Waals surface area contributed by atoms with E-state index in [1.165, 1.54) is 35.7 Å². The minimum absolute atomic E-state index is 0.0291. The van der Waals surface area contributed by atoms with Gasteiger partial charge in [0.25, 0.3) is 10.0 Å². The summed E-state index contributed by atoms with van der Waals surface area (Å²) < 4.78 is 60.9. The number of ether oxygens (including phenoxy) is 1. The highest BCUT2D eigenvalue weighted by molar-refractivity contribution is 7.92. The molecular weight excluding hydrogens is 424 g/mol. The average Bonchev–Trinajstić information content (AvgIpc) is 3.29. The number of benzene rings is 3. The van der Waals surface area contributed by atoms with Crippen molar-refractivity contribution in [3.05, 3.63) is 60.7 Å². The second-order valence-corrected chi connectivity index (χ2v) is 10.7. The van der Waals surface area contributed by atoms with Gasteiger partial charge in [0.15, 0.2) is 0 Å². The van der Waals surface area contributed by atoms with Gasteiger partial charge in [-0.05, 0) is 53.9 Å². The lowest BCUT2D eigenvalue weighted by atomic mass is 10.1. The third-order valence-electron chi connectivity index (χ3n) is 5.15. The number of fused-ring (bicyclic) bond motifs is 1. The molecule has 158 valence electrons. The Morgan fingerprint density at radius 2 is 1.50 bits per heavy atom. The van der Waals surface area contributed by atoms with Crippen molar-refractivity contribution in [2.24, 2.45) is 0 Å². The predicted octanol–water partition coefficient (Wildman–Crippen LogP) is 3.43. The fourth-order valence-corrected chi connectivity index (χ4v) is 6.18. The van der Waals surface area contributed by atoms with Crippen LogP contribution in [0.1, 0.15) is 12.8 Å². The van der Waals surface area contributed by atoms with Gasteiger partial charge in [0.1, 0.15) is 5.75 Å². The molecule has 0 saturated carbocycles. The standard InChI is InChI=1S/C21H22N2O5S2/c1-28-21-11-10-19(30(26,27)23-12-4-5-13-23)15-20(21)22-29(24,25)18-9-8-16-6-2-3-7-17(16)14-18/h2-3,6-11,14-15,22H,4-5,12-13H2,1H3. The number of rotatable bonds is 6. The second-order valence-electron chi connectivity index (χ2n) is 7.09. The van der Waals surface area contributed by atoms with Crippen LogP contribution in [-0.2, 0) is 20.0 Å². The summed E-state index contributed by atoms with van der Waals surface area (Å²) in [6.45, 7) is 0.930. The maximum absolute atomic E-state index is 13.0. The zero-order chi connectivity index (χ0) is 21.4. The van der Waals surface area contributed by atoms with Gasteiger partial charge in [0, 0.05) is 13.1 Å². The molecule has 1 aliphatic heterocycles. The van der Waals surface area contributed by atoms with E-state index in [4.69, 9.17) is 4.74 Å². The van der Waals surface area contributed by atoms with Crippen molar-refractivity contribution in [2.45, 2.75) is 22.6 Å². The molecule has 4 rings (SSSR count). The molecule has 30 heavy (non-hydrogen) atoms. The van der Waals surface area contributed by atoms with Crippen molar-refractivity contribution in [1.29, 1.82) is 0 Å². The summed E-state index contributed by atoms with van der Waals surface area (Å²) in [5.74, 6) is 0.236. The van der Waals surface area contributed by atoms with Crippen molar-refractivity contribution in [3.63, 3.8) is 0 Å². The minimum Gasteiger partial charge on any atom is -0.495 e. The van der Waals surface area contributed by atoms with Gasteiger partial charge in [0.2, 0.25) is 10.0 Å². The topological polar surface area (TPSA) is 92.8 Å². The van der Waals surface area contributed by atoms with Crippen LogP contribution in [-0.4, -0.2) is 41.3 Å². The van der Waals surface area contributed by atoms with Crippen LogP contribution in [0.25, 0.3) is 10.8 Å². The van der Waals surface area contributed by atoms with Crippen LogP contribution in [0.15, 0.2) is 70.5 Å². The Kier molecular flexibility index (Phi) is 5.44. The van der Waals surface area contributed by atoms with E-state index in [2.05, 4.69) is 4.72 Å². The Balaban J connectivity index is 1.71. The summed E-state index contributed by atoms with van der Waals surface area (Å²) in [6, 6.07) is 16.5. The average molecular weight is 447 g/mol. The monoisotopic (exact) mass is 446 g/mol. The highest BCUT2D eigenvalue weighted by Gasteiger charge is 2.28. The maximum Gasteiger partial charge on any atom is 0.262 e. The minimum atomic E-state index is -3.96. The van der Waals surface area contributed by atoms with Gasteiger partial charge in [-0.1, -0.05) is 30.3 Å². The molecule has 0 radical (unpaired) electrons. The fourth-order valence-electron chi connectivity index (χ4n) is 3.54. The molecule has 0 aliphatic carbocycles. The Hall–Kier alpha value is -2.62. The van der Waals surface area contributed by atoms with Crippen LogP contribution in [0, 0.1) is 0 Å². The van der Waals surface area contributed by atoms with Gasteiger partial charge >= 0.3 is 0 Å². The van der Waals surface area contributed by atoms with Crippen molar-refractivity contribution in [2.75, 3.05) is 24.9 Å². The molecule has 1 aliphatic rings. The second kappa shape index (κ2) is 7.90. The van der Waals surface area contributed by atoms with E-state index in [0.29, 0.717) is 13.1 Å². The largest absolute Gasteiger partial charge is 0.495 e. The summed E-state index contributed by atoms with van der Waals surface area (Å²) in [7, 11) is -6.25. The zero-order valence-electron chi connectivity index (χ0n) is 16.4. The molecule has 1 saturated heterocycles. The van der Waals surface area contributed by atoms with Crippen molar-refractivity contribution < 1.29 is 21.6 Å². The fraction of sp³-hybridized carbons (Fsp3) is 0.238. The smallest absolute Gasteiger partial charge is 0.262 e. The van der Waals surface area contributed by atoms with Crippen molar-refractivity contribution >= 4 is 36.5 Å². The first-order valence-corrected chi connectivity index (χ1v) is 12.4. The third kappa shape index (κ3) is 3.88. The van der Waals surface area contributed by atoms with Crippen LogP contribution in [0.5, 0.6) is 5.75 Å². The van der Waals surface area contributed by atoms with Gasteiger partial charge in [-0.2, -0.15) is 4.31 Å². The first kappa shape index (κ1) is 20.6. The molecule has 3 aromatic carbocycles. The van der Waals surface area contributed by atoms with Crippen LogP contribution in [0.4, 0.5) is 5.69 Å². The summed E-state index contributed by atoms with van der Waals surface area (Å²) in [6.07, 6.45) is 1.63. The lowest BCUT2D eigenvalue weighted by Crippen LogP contribution is -2.28. The van der Waals surface area contributed by atoms with Crippen LogP contribution < -0.4 is 9.46 Å². The third-order valence-corrected chi connectivity index (χ3v) is 8.41. The number of nitrogens with zero attached hydrogens (tertiary/aromatic N) is 1. The summed E-state index contributed by atoms with van der Waals surface area (Å²) in [5, 5.41) is 1.71. The van der Waals surface area contributed by atoms with Crippen molar-refractivity contribution in [3.8, 4) is 5.75 Å². The molecule has 0 atom stereocenters. The lowest BCUT2D eigenvalue weighted by molar-refractivity contribution is 0.416. The van der Waals surface area contributed by atoms with Gasteiger partial charge in [-0.25, -0.2) is 16.8 Å². The highest BCUT2D eigenvalue weighted by atomic mass is 32.2. The van der Waals surface area contributed by atoms with Crippen molar-refractivity contribution in [1.82, 2.24) is 4.31 Å². The number of nitrogens with one attached hydrogen (secondary N) is 1. The molecule has 7 nitrogen and oxygen atoms in total. The maximum atomic E-state index is 13.0. The van der Waals surface area contributed by atoms with E-state index >= 15 is 0 Å². The Bertz CT molecular complexity index is 1300. The highest BCUT2D eigenvalue weighted by Crippen LogP contribution is 2.32. The van der Waals surface area contributed by atoms with Gasteiger partial charge < -0.3 is 4.74 Å². The number of anilines is 1. The molecule has 1 heterocycles. The molecule has 9 heteroatoms. The molecule has 0 spiro atoms. The normalized spacial score (nSPS) is 15.4. The lowest BCUT2D eigenvalue weighted by Gasteiger charge is -2.18. The summed E-state index contributed by atoms with van der Waals surface area (Å²) in [5.41, 5.74) is 0.0749. The van der Waals surface area contributed by atoms with Gasteiger partial charge in [0.05, 0.1) is 22.6 Å². The zero-order valence-corrected chi connectivity index (χ0v) is 18.0. The number of hydrogen-bond donors (Lipinski definition) is 1. The van der Waals surface area contributed by atoms with E-state index in [-0.39, 0.29) is 21.2 Å². The van der Waals surface area contributed by atoms with Crippen LogP contribution >= 0.6 is 0 Å². The molecule has 3 aromatic rings. The molecule has 1 fully saturated rings. The molecular formula is C21H22N2O5S2. The molecule has 0 unspecified atom stereocenters. The molecule has 1 N–H and O–H groups in total. The Labute approximate surface area is 176 Å². The number of sulfonamides is 2. The van der Waals surface area contributed by atoms with Gasteiger partial charge in [-0.3, -0.25) is 4.72 Å². The molecule has 0 bridgehead atoms. The van der Waals surface area contributed by atoms with E-state index in [1.54, 1.807) is 12.1 Å². The quantitative estimate of drug-likeness (QED) is 0.626.